The van der Waals surface area contributed by atoms with Crippen molar-refractivity contribution in [2.45, 2.75) is 25.8 Å². The van der Waals surface area contributed by atoms with Crippen molar-refractivity contribution in [3.8, 4) is 0 Å². The first kappa shape index (κ1) is 14.2. The van der Waals surface area contributed by atoms with Crippen LogP contribution in [0.25, 0.3) is 0 Å². The van der Waals surface area contributed by atoms with Gasteiger partial charge in [0, 0.05) is 6.04 Å². The van der Waals surface area contributed by atoms with Crippen LogP contribution in [0.1, 0.15) is 18.9 Å². The highest BCUT2D eigenvalue weighted by Gasteiger charge is 2.12. The number of nitrogens with one attached hydrogen (secondary N) is 1. The van der Waals surface area contributed by atoms with E-state index < -0.39 is 0 Å². The third kappa shape index (κ3) is 4.95. The monoisotopic (exact) mass is 253 g/mol. The highest BCUT2D eigenvalue weighted by molar-refractivity contribution is 5.79. The van der Waals surface area contributed by atoms with Crippen LogP contribution < -0.4 is 5.32 Å². The lowest BCUT2D eigenvalue weighted by Crippen LogP contribution is -2.35. The van der Waals surface area contributed by atoms with Crippen LogP contribution in [0.2, 0.25) is 0 Å². The summed E-state index contributed by atoms with van der Waals surface area (Å²) in [5.74, 6) is -0.916. The molecule has 0 spiro atoms. The summed E-state index contributed by atoms with van der Waals surface area (Å²) in [5, 5.41) is 2.67. The van der Waals surface area contributed by atoms with Gasteiger partial charge in [0.15, 0.2) is 0 Å². The van der Waals surface area contributed by atoms with Crippen LogP contribution in [-0.4, -0.2) is 25.0 Å². The summed E-state index contributed by atoms with van der Waals surface area (Å²) in [4.78, 5) is 22.6. The predicted octanol–water partition coefficient (Wildman–Crippen LogP) is 1.44. The molecule has 0 aliphatic heterocycles. The molecule has 18 heavy (non-hydrogen) atoms. The maximum Gasteiger partial charge on any atom is 0.307 e. The van der Waals surface area contributed by atoms with Gasteiger partial charge in [-0.1, -0.05) is 12.1 Å². The number of carbonyl (C=O) groups is 2. The molecule has 1 aromatic carbocycles. The Balaban J connectivity index is 2.41. The highest BCUT2D eigenvalue weighted by atomic mass is 19.1. The van der Waals surface area contributed by atoms with Gasteiger partial charge >= 0.3 is 5.97 Å². The molecule has 0 aliphatic carbocycles. The lowest BCUT2D eigenvalue weighted by Gasteiger charge is -2.12. The van der Waals surface area contributed by atoms with Crippen LogP contribution in [0.5, 0.6) is 0 Å². The van der Waals surface area contributed by atoms with E-state index in [2.05, 4.69) is 10.1 Å². The fourth-order valence-electron chi connectivity index (χ4n) is 1.50. The van der Waals surface area contributed by atoms with Gasteiger partial charge in [-0.05, 0) is 24.6 Å². The van der Waals surface area contributed by atoms with Crippen molar-refractivity contribution < 1.29 is 18.7 Å². The number of hydrogen-bond acceptors (Lipinski definition) is 3. The maximum absolute atomic E-state index is 12.7. The Hall–Kier alpha value is -1.91. The standard InChI is InChI=1S/C13H16FNO3/c1-9(7-13(17)18-2)15-12(16)8-10-3-5-11(14)6-4-10/h3-6,9H,7-8H2,1-2H3,(H,15,16). The molecule has 0 bridgehead atoms. The van der Waals surface area contributed by atoms with E-state index in [0.717, 1.165) is 5.56 Å². The summed E-state index contributed by atoms with van der Waals surface area (Å²) in [6.45, 7) is 1.72. The van der Waals surface area contributed by atoms with Gasteiger partial charge in [-0.15, -0.1) is 0 Å². The van der Waals surface area contributed by atoms with E-state index in [0.29, 0.717) is 0 Å². The summed E-state index contributed by atoms with van der Waals surface area (Å²) < 4.78 is 17.2. The third-order valence-corrected chi connectivity index (χ3v) is 2.39. The fourth-order valence-corrected chi connectivity index (χ4v) is 1.50. The molecule has 4 nitrogen and oxygen atoms in total. The van der Waals surface area contributed by atoms with Gasteiger partial charge in [-0.3, -0.25) is 9.59 Å². The Labute approximate surface area is 105 Å². The van der Waals surface area contributed by atoms with Crippen molar-refractivity contribution in [2.24, 2.45) is 0 Å². The van der Waals surface area contributed by atoms with Gasteiger partial charge in [0.2, 0.25) is 5.91 Å². The number of carbonyl (C=O) groups excluding carboxylic acids is 2. The van der Waals surface area contributed by atoms with E-state index in [9.17, 15) is 14.0 Å². The summed E-state index contributed by atoms with van der Waals surface area (Å²) in [6.07, 6.45) is 0.289. The molecule has 0 heterocycles. The molecule has 1 atom stereocenters. The number of rotatable bonds is 5. The molecule has 1 unspecified atom stereocenters. The Morgan fingerprint density at radius 2 is 1.94 bits per heavy atom. The van der Waals surface area contributed by atoms with Gasteiger partial charge in [0.05, 0.1) is 20.0 Å². The minimum absolute atomic E-state index is 0.131. The average Bonchev–Trinajstić information content (AvgIpc) is 2.31. The predicted molar refractivity (Wildman–Crippen MR) is 64.3 cm³/mol. The van der Waals surface area contributed by atoms with Gasteiger partial charge in [-0.25, -0.2) is 4.39 Å². The SMILES string of the molecule is COC(=O)CC(C)NC(=O)Cc1ccc(F)cc1. The number of benzene rings is 1. The van der Waals surface area contributed by atoms with Crippen LogP contribution in [0.3, 0.4) is 0 Å². The molecule has 1 amide bonds. The molecule has 0 aliphatic rings. The van der Waals surface area contributed by atoms with Crippen molar-refractivity contribution in [3.63, 3.8) is 0 Å². The zero-order valence-corrected chi connectivity index (χ0v) is 10.4. The van der Waals surface area contributed by atoms with E-state index in [4.69, 9.17) is 0 Å². The van der Waals surface area contributed by atoms with E-state index in [-0.39, 0.29) is 36.6 Å². The number of amides is 1. The minimum Gasteiger partial charge on any atom is -0.469 e. The second-order valence-electron chi connectivity index (χ2n) is 4.05. The number of halogens is 1. The normalized spacial score (nSPS) is 11.7. The fraction of sp³-hybridized carbons (Fsp3) is 0.385. The van der Waals surface area contributed by atoms with Crippen LogP contribution in [0, 0.1) is 5.82 Å². The molecule has 0 saturated heterocycles. The molecule has 0 aromatic heterocycles. The molecular formula is C13H16FNO3. The zero-order chi connectivity index (χ0) is 13.5. The first-order valence-corrected chi connectivity index (χ1v) is 5.62. The molecule has 0 saturated carbocycles. The number of ether oxygens (including phenoxy) is 1. The smallest absolute Gasteiger partial charge is 0.307 e. The maximum atomic E-state index is 12.7. The molecule has 0 fully saturated rings. The Bertz CT molecular complexity index is 417. The second kappa shape index (κ2) is 6.74. The van der Waals surface area contributed by atoms with Crippen molar-refractivity contribution >= 4 is 11.9 Å². The largest absolute Gasteiger partial charge is 0.469 e. The van der Waals surface area contributed by atoms with Crippen molar-refractivity contribution in [1.82, 2.24) is 5.32 Å². The second-order valence-corrected chi connectivity index (χ2v) is 4.05. The van der Waals surface area contributed by atoms with E-state index in [1.807, 2.05) is 0 Å². The third-order valence-electron chi connectivity index (χ3n) is 2.39. The average molecular weight is 253 g/mol. The van der Waals surface area contributed by atoms with Gasteiger partial charge in [0.1, 0.15) is 5.82 Å². The van der Waals surface area contributed by atoms with Crippen LogP contribution in [0.15, 0.2) is 24.3 Å². The highest BCUT2D eigenvalue weighted by Crippen LogP contribution is 2.04. The summed E-state index contributed by atoms with van der Waals surface area (Å²) in [6, 6.07) is 5.44. The van der Waals surface area contributed by atoms with Crippen molar-refractivity contribution in [1.29, 1.82) is 0 Å². The molecule has 1 rings (SSSR count). The van der Waals surface area contributed by atoms with E-state index >= 15 is 0 Å². The van der Waals surface area contributed by atoms with Crippen LogP contribution in [0.4, 0.5) is 4.39 Å². The van der Waals surface area contributed by atoms with Gasteiger partial charge in [0.25, 0.3) is 0 Å². The summed E-state index contributed by atoms with van der Waals surface area (Å²) in [7, 11) is 1.30. The molecule has 5 heteroatoms. The first-order chi connectivity index (χ1) is 8.51. The van der Waals surface area contributed by atoms with Gasteiger partial charge in [-0.2, -0.15) is 0 Å². The Kier molecular flexibility index (Phi) is 5.30. The Morgan fingerprint density at radius 1 is 1.33 bits per heavy atom. The van der Waals surface area contributed by atoms with Crippen molar-refractivity contribution in [2.75, 3.05) is 7.11 Å². The number of hydrogen-bond donors (Lipinski definition) is 1. The summed E-state index contributed by atoms with van der Waals surface area (Å²) in [5.41, 5.74) is 0.721. The van der Waals surface area contributed by atoms with Crippen molar-refractivity contribution in [3.05, 3.63) is 35.6 Å². The quantitative estimate of drug-likeness (QED) is 0.808. The first-order valence-electron chi connectivity index (χ1n) is 5.62. The lowest BCUT2D eigenvalue weighted by molar-refractivity contribution is -0.141. The topological polar surface area (TPSA) is 55.4 Å². The van der Waals surface area contributed by atoms with Gasteiger partial charge < -0.3 is 10.1 Å². The molecule has 98 valence electrons. The van der Waals surface area contributed by atoms with Crippen LogP contribution in [-0.2, 0) is 20.7 Å². The summed E-state index contributed by atoms with van der Waals surface area (Å²) >= 11 is 0. The van der Waals surface area contributed by atoms with E-state index in [1.54, 1.807) is 19.1 Å². The molecule has 0 radical (unpaired) electrons. The van der Waals surface area contributed by atoms with E-state index in [1.165, 1.54) is 19.2 Å². The minimum atomic E-state index is -0.371. The lowest BCUT2D eigenvalue weighted by atomic mass is 10.1. The number of methoxy groups -OCH3 is 1. The molecular weight excluding hydrogens is 237 g/mol. The number of esters is 1. The van der Waals surface area contributed by atoms with Crippen LogP contribution >= 0.6 is 0 Å². The molecule has 1 aromatic rings. The zero-order valence-electron chi connectivity index (χ0n) is 10.4. The molecule has 1 N–H and O–H groups in total. The Morgan fingerprint density at radius 3 is 2.50 bits per heavy atom.